The van der Waals surface area contributed by atoms with Gasteiger partial charge in [0.1, 0.15) is 0 Å². The van der Waals surface area contributed by atoms with Crippen molar-refractivity contribution in [2.24, 2.45) is 0 Å². The second-order valence-corrected chi connectivity index (χ2v) is 7.38. The van der Waals surface area contributed by atoms with Crippen LogP contribution < -0.4 is 5.32 Å². The second kappa shape index (κ2) is 9.17. The highest BCUT2D eigenvalue weighted by Gasteiger charge is 2.19. The minimum absolute atomic E-state index is 0.0446. The molecule has 0 unspecified atom stereocenters. The van der Waals surface area contributed by atoms with E-state index in [4.69, 9.17) is 11.6 Å². The molecule has 4 nitrogen and oxygen atoms in total. The Balaban J connectivity index is 1.41. The summed E-state index contributed by atoms with van der Waals surface area (Å²) in [6, 6.07) is 17.7. The molecule has 0 saturated carbocycles. The van der Waals surface area contributed by atoms with E-state index in [1.54, 1.807) is 24.3 Å². The van der Waals surface area contributed by atoms with Gasteiger partial charge >= 0.3 is 0 Å². The average Bonchev–Trinajstić information content (AvgIpc) is 2.64. The van der Waals surface area contributed by atoms with E-state index in [1.165, 1.54) is 5.56 Å². The zero-order chi connectivity index (χ0) is 18.4. The highest BCUT2D eigenvalue weighted by Crippen LogP contribution is 2.11. The first-order valence-electron chi connectivity index (χ1n) is 9.15. The normalized spacial score (nSPS) is 17.0. The molecule has 1 aliphatic heterocycles. The first-order chi connectivity index (χ1) is 12.6. The topological polar surface area (TPSA) is 35.6 Å². The molecule has 0 radical (unpaired) electrons. The molecule has 26 heavy (non-hydrogen) atoms. The van der Waals surface area contributed by atoms with Gasteiger partial charge in [-0.1, -0.05) is 41.9 Å². The quantitative estimate of drug-likeness (QED) is 0.846. The van der Waals surface area contributed by atoms with Gasteiger partial charge < -0.3 is 5.32 Å². The van der Waals surface area contributed by atoms with E-state index in [1.807, 2.05) is 0 Å². The lowest BCUT2D eigenvalue weighted by Crippen LogP contribution is -2.50. The van der Waals surface area contributed by atoms with Crippen LogP contribution in [0.25, 0.3) is 0 Å². The van der Waals surface area contributed by atoms with Crippen molar-refractivity contribution < 1.29 is 4.79 Å². The van der Waals surface area contributed by atoms with E-state index < -0.39 is 0 Å². The lowest BCUT2D eigenvalue weighted by molar-refractivity contribution is 0.0901. The second-order valence-electron chi connectivity index (χ2n) is 6.94. The predicted molar refractivity (Wildman–Crippen MR) is 107 cm³/mol. The highest BCUT2D eigenvalue weighted by molar-refractivity contribution is 6.30. The molecule has 3 rings (SSSR count). The number of hydrogen-bond donors (Lipinski definition) is 1. The molecule has 0 aromatic heterocycles. The summed E-state index contributed by atoms with van der Waals surface area (Å²) in [6.45, 7) is 8.14. The Kier molecular flexibility index (Phi) is 6.67. The standard InChI is InChI=1S/C21H26ClN3O/c1-17(23-21(26)19-7-9-20(22)10-8-19)15-24-11-13-25(14-12-24)16-18-5-3-2-4-6-18/h2-10,17H,11-16H2,1H3,(H,23,26)/t17-/m0/s1. The van der Waals surface area contributed by atoms with E-state index in [2.05, 4.69) is 52.4 Å². The molecule has 1 saturated heterocycles. The molecule has 0 aliphatic carbocycles. The Bertz CT molecular complexity index is 697. The van der Waals surface area contributed by atoms with Gasteiger partial charge in [-0.15, -0.1) is 0 Å². The van der Waals surface area contributed by atoms with Crippen molar-refractivity contribution in [3.05, 3.63) is 70.7 Å². The Morgan fingerprint density at radius 1 is 1.00 bits per heavy atom. The fourth-order valence-electron chi connectivity index (χ4n) is 3.31. The number of rotatable bonds is 6. The summed E-state index contributed by atoms with van der Waals surface area (Å²) in [5, 5.41) is 3.72. The number of halogens is 1. The van der Waals surface area contributed by atoms with Gasteiger partial charge in [0.2, 0.25) is 0 Å². The molecule has 2 aromatic carbocycles. The maximum atomic E-state index is 12.3. The summed E-state index contributed by atoms with van der Waals surface area (Å²) < 4.78 is 0. The molecule has 5 heteroatoms. The lowest BCUT2D eigenvalue weighted by atomic mass is 10.2. The molecule has 138 valence electrons. The molecule has 1 aliphatic rings. The molecule has 0 spiro atoms. The zero-order valence-electron chi connectivity index (χ0n) is 15.2. The van der Waals surface area contributed by atoms with Gasteiger partial charge in [-0.05, 0) is 36.8 Å². The van der Waals surface area contributed by atoms with E-state index in [0.717, 1.165) is 39.3 Å². The van der Waals surface area contributed by atoms with E-state index in [-0.39, 0.29) is 11.9 Å². The van der Waals surface area contributed by atoms with Crippen molar-refractivity contribution in [3.8, 4) is 0 Å². The Labute approximate surface area is 160 Å². The molecule has 2 aromatic rings. The first kappa shape index (κ1) is 18.9. The Hall–Kier alpha value is -1.88. The van der Waals surface area contributed by atoms with Crippen molar-refractivity contribution in [2.45, 2.75) is 19.5 Å². The van der Waals surface area contributed by atoms with Crippen LogP contribution in [-0.4, -0.2) is 54.5 Å². The van der Waals surface area contributed by atoms with Crippen molar-refractivity contribution >= 4 is 17.5 Å². The largest absolute Gasteiger partial charge is 0.348 e. The van der Waals surface area contributed by atoms with Gasteiger partial charge in [-0.25, -0.2) is 0 Å². The van der Waals surface area contributed by atoms with Crippen LogP contribution in [-0.2, 0) is 6.54 Å². The maximum absolute atomic E-state index is 12.3. The summed E-state index contributed by atoms with van der Waals surface area (Å²) in [5.41, 5.74) is 2.01. The predicted octanol–water partition coefficient (Wildman–Crippen LogP) is 3.28. The third-order valence-electron chi connectivity index (χ3n) is 4.73. The van der Waals surface area contributed by atoms with Crippen LogP contribution in [0.5, 0.6) is 0 Å². The van der Waals surface area contributed by atoms with Gasteiger partial charge in [0.05, 0.1) is 0 Å². The van der Waals surface area contributed by atoms with Crippen molar-refractivity contribution in [1.82, 2.24) is 15.1 Å². The third-order valence-corrected chi connectivity index (χ3v) is 4.98. The molecule has 1 amide bonds. The summed E-state index contributed by atoms with van der Waals surface area (Å²) >= 11 is 5.87. The number of nitrogens with zero attached hydrogens (tertiary/aromatic N) is 2. The molecule has 0 bridgehead atoms. The van der Waals surface area contributed by atoms with E-state index in [9.17, 15) is 4.79 Å². The van der Waals surface area contributed by atoms with Crippen LogP contribution in [0.2, 0.25) is 5.02 Å². The number of hydrogen-bond acceptors (Lipinski definition) is 3. The number of carbonyl (C=O) groups is 1. The van der Waals surface area contributed by atoms with Crippen LogP contribution in [0, 0.1) is 0 Å². The molecular weight excluding hydrogens is 346 g/mol. The van der Waals surface area contributed by atoms with Gasteiger partial charge in [0, 0.05) is 55.9 Å². The van der Waals surface area contributed by atoms with E-state index in [0.29, 0.717) is 10.6 Å². The van der Waals surface area contributed by atoms with Gasteiger partial charge in [0.25, 0.3) is 5.91 Å². The minimum atomic E-state index is -0.0446. The molecule has 1 heterocycles. The highest BCUT2D eigenvalue weighted by atomic mass is 35.5. The molecular formula is C21H26ClN3O. The number of piperazine rings is 1. The minimum Gasteiger partial charge on any atom is -0.348 e. The Morgan fingerprint density at radius 2 is 1.62 bits per heavy atom. The Morgan fingerprint density at radius 3 is 2.27 bits per heavy atom. The van der Waals surface area contributed by atoms with Crippen LogP contribution >= 0.6 is 11.6 Å². The van der Waals surface area contributed by atoms with E-state index >= 15 is 0 Å². The number of benzene rings is 2. The number of carbonyl (C=O) groups excluding carboxylic acids is 1. The fourth-order valence-corrected chi connectivity index (χ4v) is 3.44. The smallest absolute Gasteiger partial charge is 0.251 e. The summed E-state index contributed by atoms with van der Waals surface area (Å²) in [4.78, 5) is 17.2. The zero-order valence-corrected chi connectivity index (χ0v) is 16.0. The monoisotopic (exact) mass is 371 g/mol. The van der Waals surface area contributed by atoms with Crippen molar-refractivity contribution in [3.63, 3.8) is 0 Å². The van der Waals surface area contributed by atoms with Crippen molar-refractivity contribution in [1.29, 1.82) is 0 Å². The first-order valence-corrected chi connectivity index (χ1v) is 9.53. The van der Waals surface area contributed by atoms with Crippen molar-refractivity contribution in [2.75, 3.05) is 32.7 Å². The average molecular weight is 372 g/mol. The van der Waals surface area contributed by atoms with Crippen LogP contribution in [0.15, 0.2) is 54.6 Å². The number of nitrogens with one attached hydrogen (secondary N) is 1. The molecule has 1 fully saturated rings. The van der Waals surface area contributed by atoms with Crippen LogP contribution in [0.3, 0.4) is 0 Å². The van der Waals surface area contributed by atoms with Gasteiger partial charge in [0.15, 0.2) is 0 Å². The number of amides is 1. The molecule has 1 atom stereocenters. The summed E-state index contributed by atoms with van der Waals surface area (Å²) in [5.74, 6) is -0.0446. The fraction of sp³-hybridized carbons (Fsp3) is 0.381. The maximum Gasteiger partial charge on any atom is 0.251 e. The summed E-state index contributed by atoms with van der Waals surface area (Å²) in [7, 11) is 0. The third kappa shape index (κ3) is 5.56. The van der Waals surface area contributed by atoms with Crippen LogP contribution in [0.4, 0.5) is 0 Å². The van der Waals surface area contributed by atoms with Gasteiger partial charge in [-0.2, -0.15) is 0 Å². The molecule has 1 N–H and O–H groups in total. The van der Waals surface area contributed by atoms with Gasteiger partial charge in [-0.3, -0.25) is 14.6 Å². The lowest BCUT2D eigenvalue weighted by Gasteiger charge is -2.36. The SMILES string of the molecule is C[C@@H](CN1CCN(Cc2ccccc2)CC1)NC(=O)c1ccc(Cl)cc1. The van der Waals surface area contributed by atoms with Crippen LogP contribution in [0.1, 0.15) is 22.8 Å². The summed E-state index contributed by atoms with van der Waals surface area (Å²) in [6.07, 6.45) is 0.